The molecule has 0 aliphatic heterocycles. The molecule has 3 aromatic carbocycles. The van der Waals surface area contributed by atoms with Crippen LogP contribution >= 0.6 is 0 Å². The lowest BCUT2D eigenvalue weighted by molar-refractivity contribution is 0.416. The summed E-state index contributed by atoms with van der Waals surface area (Å²) in [6.45, 7) is 0. The Bertz CT molecular complexity index is 949. The average molecular weight is 340 g/mol. The first-order valence-electron chi connectivity index (χ1n) is 7.31. The fourth-order valence-electron chi connectivity index (χ4n) is 2.73. The van der Waals surface area contributed by atoms with Gasteiger partial charge in [-0.2, -0.15) is 8.42 Å². The van der Waals surface area contributed by atoms with Gasteiger partial charge in [0.15, 0.2) is 0 Å². The molecule has 0 aliphatic carbocycles. The zero-order chi connectivity index (χ0) is 17.2. The summed E-state index contributed by atoms with van der Waals surface area (Å²) in [7, 11) is -2.86. The molecule has 0 atom stereocenters. The molecular formula is C19H16O4S. The fraction of sp³-hybridized carbons (Fsp3) is 0.0526. The molecule has 0 amide bonds. The van der Waals surface area contributed by atoms with Crippen molar-refractivity contribution in [1.29, 1.82) is 0 Å². The Morgan fingerprint density at radius 1 is 0.750 bits per heavy atom. The highest BCUT2D eigenvalue weighted by Crippen LogP contribution is 2.42. The molecule has 0 heterocycles. The Kier molecular flexibility index (Phi) is 4.38. The van der Waals surface area contributed by atoms with E-state index in [1.807, 2.05) is 48.5 Å². The van der Waals surface area contributed by atoms with Crippen LogP contribution in [0.2, 0.25) is 0 Å². The molecule has 0 aliphatic rings. The van der Waals surface area contributed by atoms with Crippen LogP contribution in [0.15, 0.2) is 77.7 Å². The third-order valence-corrected chi connectivity index (χ3v) is 4.65. The van der Waals surface area contributed by atoms with Gasteiger partial charge in [-0.25, -0.2) is 0 Å². The summed E-state index contributed by atoms with van der Waals surface area (Å²) < 4.78 is 39.0. The van der Waals surface area contributed by atoms with Crippen LogP contribution in [0, 0.1) is 0 Å². The maximum Gasteiger partial charge on any atom is 0.295 e. The van der Waals surface area contributed by atoms with Gasteiger partial charge in [0.25, 0.3) is 10.1 Å². The first-order valence-corrected chi connectivity index (χ1v) is 8.75. The van der Waals surface area contributed by atoms with Crippen LogP contribution in [-0.2, 0) is 10.1 Å². The molecule has 0 spiro atoms. The SMILES string of the molecule is COc1ccc(S(=O)(=O)O)c(-c2ccccc2)c1-c1ccccc1. The van der Waals surface area contributed by atoms with Gasteiger partial charge in [-0.3, -0.25) is 4.55 Å². The largest absolute Gasteiger partial charge is 0.496 e. The number of ether oxygens (including phenoxy) is 1. The number of rotatable bonds is 4. The highest BCUT2D eigenvalue weighted by molar-refractivity contribution is 7.86. The van der Waals surface area contributed by atoms with Crippen molar-refractivity contribution in [2.45, 2.75) is 4.90 Å². The normalized spacial score (nSPS) is 11.2. The van der Waals surface area contributed by atoms with E-state index >= 15 is 0 Å². The fourth-order valence-corrected chi connectivity index (χ4v) is 3.45. The summed E-state index contributed by atoms with van der Waals surface area (Å²) in [5.74, 6) is 0.535. The van der Waals surface area contributed by atoms with Gasteiger partial charge >= 0.3 is 0 Å². The molecule has 0 radical (unpaired) electrons. The van der Waals surface area contributed by atoms with Gasteiger partial charge in [0, 0.05) is 11.1 Å². The Morgan fingerprint density at radius 2 is 1.25 bits per heavy atom. The van der Waals surface area contributed by atoms with Gasteiger partial charge in [-0.1, -0.05) is 60.7 Å². The molecule has 5 heteroatoms. The van der Waals surface area contributed by atoms with Crippen molar-refractivity contribution in [3.05, 3.63) is 72.8 Å². The van der Waals surface area contributed by atoms with Crippen LogP contribution in [0.3, 0.4) is 0 Å². The van der Waals surface area contributed by atoms with Gasteiger partial charge in [0.1, 0.15) is 10.6 Å². The molecule has 0 unspecified atom stereocenters. The molecule has 3 aromatic rings. The summed E-state index contributed by atoms with van der Waals surface area (Å²) in [6.07, 6.45) is 0. The molecule has 0 bridgehead atoms. The quantitative estimate of drug-likeness (QED) is 0.720. The zero-order valence-electron chi connectivity index (χ0n) is 13.0. The predicted molar refractivity (Wildman–Crippen MR) is 93.7 cm³/mol. The zero-order valence-corrected chi connectivity index (χ0v) is 13.8. The van der Waals surface area contributed by atoms with E-state index in [1.54, 1.807) is 18.2 Å². The second-order valence-corrected chi connectivity index (χ2v) is 6.61. The van der Waals surface area contributed by atoms with Crippen LogP contribution in [0.25, 0.3) is 22.3 Å². The van der Waals surface area contributed by atoms with Gasteiger partial charge in [-0.05, 0) is 23.3 Å². The predicted octanol–water partition coefficient (Wildman–Crippen LogP) is 4.28. The molecule has 0 fully saturated rings. The summed E-state index contributed by atoms with van der Waals surface area (Å²) >= 11 is 0. The van der Waals surface area contributed by atoms with Crippen molar-refractivity contribution in [3.63, 3.8) is 0 Å². The number of hydrogen-bond acceptors (Lipinski definition) is 3. The standard InChI is InChI=1S/C19H16O4S/c1-23-16-12-13-17(24(20,21)22)19(15-10-6-3-7-11-15)18(16)14-8-4-2-5-9-14/h2-13H,1H3,(H,20,21,22). The van der Waals surface area contributed by atoms with Crippen LogP contribution in [0.4, 0.5) is 0 Å². The van der Waals surface area contributed by atoms with E-state index in [0.717, 1.165) is 5.56 Å². The van der Waals surface area contributed by atoms with Crippen LogP contribution in [0.5, 0.6) is 5.75 Å². The van der Waals surface area contributed by atoms with Crippen LogP contribution in [0.1, 0.15) is 0 Å². The van der Waals surface area contributed by atoms with Gasteiger partial charge < -0.3 is 4.74 Å². The van der Waals surface area contributed by atoms with Gasteiger partial charge in [0.2, 0.25) is 0 Å². The van der Waals surface area contributed by atoms with E-state index in [0.29, 0.717) is 22.4 Å². The van der Waals surface area contributed by atoms with Crippen molar-refractivity contribution in [2.75, 3.05) is 7.11 Å². The average Bonchev–Trinajstić information content (AvgIpc) is 2.61. The summed E-state index contributed by atoms with van der Waals surface area (Å²) in [4.78, 5) is -0.145. The van der Waals surface area contributed by atoms with Crippen molar-refractivity contribution >= 4 is 10.1 Å². The van der Waals surface area contributed by atoms with E-state index in [1.165, 1.54) is 13.2 Å². The molecule has 1 N–H and O–H groups in total. The summed E-state index contributed by atoms with van der Waals surface area (Å²) in [5, 5.41) is 0. The maximum absolute atomic E-state index is 11.9. The minimum atomic E-state index is -4.39. The molecule has 4 nitrogen and oxygen atoms in total. The highest BCUT2D eigenvalue weighted by atomic mass is 32.2. The summed E-state index contributed by atoms with van der Waals surface area (Å²) in [5.41, 5.74) is 2.53. The topological polar surface area (TPSA) is 63.6 Å². The Balaban J connectivity index is 2.46. The monoisotopic (exact) mass is 340 g/mol. The molecule has 122 valence electrons. The first-order chi connectivity index (χ1) is 11.5. The Labute approximate surface area is 141 Å². The lowest BCUT2D eigenvalue weighted by atomic mass is 9.93. The number of methoxy groups -OCH3 is 1. The Hall–Kier alpha value is -2.63. The molecule has 0 aromatic heterocycles. The van der Waals surface area contributed by atoms with E-state index in [2.05, 4.69) is 0 Å². The van der Waals surface area contributed by atoms with E-state index in [4.69, 9.17) is 4.74 Å². The second-order valence-electron chi connectivity index (χ2n) is 5.22. The number of benzene rings is 3. The molecular weight excluding hydrogens is 324 g/mol. The first kappa shape index (κ1) is 16.2. The van der Waals surface area contributed by atoms with E-state index in [-0.39, 0.29) is 4.90 Å². The third kappa shape index (κ3) is 3.04. The second kappa shape index (κ2) is 6.47. The van der Waals surface area contributed by atoms with Gasteiger partial charge in [0.05, 0.1) is 7.11 Å². The van der Waals surface area contributed by atoms with Crippen molar-refractivity contribution in [1.82, 2.24) is 0 Å². The maximum atomic E-state index is 11.9. The lowest BCUT2D eigenvalue weighted by Crippen LogP contribution is -2.03. The number of hydrogen-bond donors (Lipinski definition) is 1. The lowest BCUT2D eigenvalue weighted by Gasteiger charge is -2.17. The molecule has 3 rings (SSSR count). The van der Waals surface area contributed by atoms with E-state index in [9.17, 15) is 13.0 Å². The summed E-state index contributed by atoms with van der Waals surface area (Å²) in [6, 6.07) is 21.4. The Morgan fingerprint density at radius 3 is 1.71 bits per heavy atom. The van der Waals surface area contributed by atoms with E-state index < -0.39 is 10.1 Å². The van der Waals surface area contributed by atoms with Crippen molar-refractivity contribution < 1.29 is 17.7 Å². The van der Waals surface area contributed by atoms with Gasteiger partial charge in [-0.15, -0.1) is 0 Å². The molecule has 0 saturated carbocycles. The highest BCUT2D eigenvalue weighted by Gasteiger charge is 2.23. The molecule has 0 saturated heterocycles. The minimum absolute atomic E-state index is 0.145. The van der Waals surface area contributed by atoms with Crippen LogP contribution in [-0.4, -0.2) is 20.1 Å². The third-order valence-electron chi connectivity index (χ3n) is 3.75. The molecule has 24 heavy (non-hydrogen) atoms. The van der Waals surface area contributed by atoms with Crippen molar-refractivity contribution in [3.8, 4) is 28.0 Å². The van der Waals surface area contributed by atoms with Crippen molar-refractivity contribution in [2.24, 2.45) is 0 Å². The smallest absolute Gasteiger partial charge is 0.295 e. The van der Waals surface area contributed by atoms with Crippen LogP contribution < -0.4 is 4.74 Å². The minimum Gasteiger partial charge on any atom is -0.496 e.